The van der Waals surface area contributed by atoms with Gasteiger partial charge in [0, 0.05) is 6.42 Å². The van der Waals surface area contributed by atoms with Gasteiger partial charge in [0.15, 0.2) is 0 Å². The Labute approximate surface area is 219 Å². The van der Waals surface area contributed by atoms with Crippen LogP contribution in [-0.2, 0) is 35.1 Å². The molecule has 37 heavy (non-hydrogen) atoms. The van der Waals surface area contributed by atoms with Gasteiger partial charge >= 0.3 is 11.9 Å². The van der Waals surface area contributed by atoms with Gasteiger partial charge < -0.3 is 25.2 Å². The molecule has 0 fully saturated rings. The number of carbonyl (C=O) groups excluding carboxylic acids is 4. The Kier molecular flexibility index (Phi) is 11.8. The number of aliphatic hydroxyl groups is 1. The molecule has 1 aromatic rings. The molecular formula is C28H40N2O7. The molecule has 3 N–H and O–H groups in total. The van der Waals surface area contributed by atoms with Crippen molar-refractivity contribution in [1.29, 1.82) is 0 Å². The number of rotatable bonds is 8. The molecule has 2 rings (SSSR count). The molecule has 1 aliphatic rings. The minimum Gasteiger partial charge on any atom is -0.463 e. The molecule has 0 aliphatic carbocycles. The lowest BCUT2D eigenvalue weighted by Gasteiger charge is -2.23. The van der Waals surface area contributed by atoms with Crippen molar-refractivity contribution in [2.75, 3.05) is 13.2 Å². The minimum absolute atomic E-state index is 0.0539. The van der Waals surface area contributed by atoms with Gasteiger partial charge in [0.05, 0.1) is 36.9 Å². The van der Waals surface area contributed by atoms with Crippen molar-refractivity contribution in [3.8, 4) is 0 Å². The van der Waals surface area contributed by atoms with Crippen LogP contribution in [0, 0.1) is 11.8 Å². The Morgan fingerprint density at radius 3 is 2.38 bits per heavy atom. The summed E-state index contributed by atoms with van der Waals surface area (Å²) >= 11 is 0. The number of benzene rings is 1. The van der Waals surface area contributed by atoms with Gasteiger partial charge in [0.2, 0.25) is 11.8 Å². The predicted octanol–water partition coefficient (Wildman–Crippen LogP) is 2.46. The molecule has 1 aromatic carbocycles. The zero-order valence-corrected chi connectivity index (χ0v) is 22.2. The fourth-order valence-corrected chi connectivity index (χ4v) is 3.95. The number of cyclic esters (lactones) is 1. The highest BCUT2D eigenvalue weighted by Crippen LogP contribution is 2.19. The Bertz CT molecular complexity index is 940. The second-order valence-corrected chi connectivity index (χ2v) is 10.5. The normalized spacial score (nSPS) is 22.9. The smallest absolute Gasteiger partial charge is 0.309 e. The van der Waals surface area contributed by atoms with Crippen molar-refractivity contribution in [2.24, 2.45) is 11.8 Å². The van der Waals surface area contributed by atoms with E-state index >= 15 is 0 Å². The van der Waals surface area contributed by atoms with E-state index in [4.69, 9.17) is 9.47 Å². The molecule has 1 aliphatic heterocycles. The summed E-state index contributed by atoms with van der Waals surface area (Å²) in [6.07, 6.45) is 4.30. The maximum Gasteiger partial charge on any atom is 0.309 e. The topological polar surface area (TPSA) is 131 Å². The van der Waals surface area contributed by atoms with Crippen LogP contribution >= 0.6 is 0 Å². The fraction of sp³-hybridized carbons (Fsp3) is 0.571. The van der Waals surface area contributed by atoms with E-state index < -0.39 is 41.5 Å². The van der Waals surface area contributed by atoms with Crippen LogP contribution in [0.4, 0.5) is 0 Å². The fourth-order valence-electron chi connectivity index (χ4n) is 3.95. The first-order valence-corrected chi connectivity index (χ1v) is 12.7. The summed E-state index contributed by atoms with van der Waals surface area (Å²) in [5, 5.41) is 15.3. The molecule has 0 radical (unpaired) electrons. The van der Waals surface area contributed by atoms with Gasteiger partial charge in [-0.3, -0.25) is 19.2 Å². The van der Waals surface area contributed by atoms with E-state index in [0.717, 1.165) is 5.56 Å². The van der Waals surface area contributed by atoms with Gasteiger partial charge in [-0.15, -0.1) is 0 Å². The lowest BCUT2D eigenvalue weighted by Crippen LogP contribution is -2.44. The number of esters is 2. The van der Waals surface area contributed by atoms with Gasteiger partial charge in [-0.05, 0) is 52.5 Å². The van der Waals surface area contributed by atoms with Crippen LogP contribution in [-0.4, -0.2) is 59.8 Å². The first kappa shape index (κ1) is 30.0. The third kappa shape index (κ3) is 11.6. The van der Waals surface area contributed by atoms with Crippen LogP contribution in [0.5, 0.6) is 0 Å². The third-order valence-corrected chi connectivity index (χ3v) is 5.75. The highest BCUT2D eigenvalue weighted by atomic mass is 16.6. The monoisotopic (exact) mass is 516 g/mol. The van der Waals surface area contributed by atoms with Crippen LogP contribution in [0.15, 0.2) is 42.5 Å². The number of hydrogen-bond acceptors (Lipinski definition) is 7. The van der Waals surface area contributed by atoms with Crippen LogP contribution in [0.3, 0.4) is 0 Å². The lowest BCUT2D eigenvalue weighted by molar-refractivity contribution is -0.161. The minimum atomic E-state index is -0.710. The molecule has 2 amide bonds. The van der Waals surface area contributed by atoms with Crippen LogP contribution < -0.4 is 10.6 Å². The zero-order chi connectivity index (χ0) is 27.4. The highest BCUT2D eigenvalue weighted by molar-refractivity contribution is 5.86. The molecule has 0 unspecified atom stereocenters. The Hall–Kier alpha value is -3.20. The van der Waals surface area contributed by atoms with Gasteiger partial charge in [0.1, 0.15) is 12.2 Å². The largest absolute Gasteiger partial charge is 0.463 e. The van der Waals surface area contributed by atoms with Crippen molar-refractivity contribution in [2.45, 2.75) is 77.5 Å². The van der Waals surface area contributed by atoms with E-state index in [1.54, 1.807) is 39.8 Å². The molecule has 4 atom stereocenters. The van der Waals surface area contributed by atoms with Gasteiger partial charge in [-0.2, -0.15) is 0 Å². The summed E-state index contributed by atoms with van der Waals surface area (Å²) in [5.74, 6) is -3.02. The number of nitrogens with one attached hydrogen (secondary N) is 2. The van der Waals surface area contributed by atoms with E-state index in [1.807, 2.05) is 30.3 Å². The first-order valence-electron chi connectivity index (χ1n) is 12.7. The van der Waals surface area contributed by atoms with E-state index in [9.17, 15) is 24.3 Å². The second-order valence-electron chi connectivity index (χ2n) is 10.5. The zero-order valence-electron chi connectivity index (χ0n) is 22.2. The Balaban J connectivity index is 2.04. The highest BCUT2D eigenvalue weighted by Gasteiger charge is 2.28. The lowest BCUT2D eigenvalue weighted by atomic mass is 9.96. The van der Waals surface area contributed by atoms with Crippen LogP contribution in [0.1, 0.15) is 58.9 Å². The Morgan fingerprint density at radius 1 is 1.11 bits per heavy atom. The van der Waals surface area contributed by atoms with Gasteiger partial charge in [-0.1, -0.05) is 42.5 Å². The molecule has 1 heterocycles. The first-order chi connectivity index (χ1) is 17.5. The van der Waals surface area contributed by atoms with Crippen molar-refractivity contribution in [3.63, 3.8) is 0 Å². The van der Waals surface area contributed by atoms with E-state index in [0.29, 0.717) is 6.42 Å². The van der Waals surface area contributed by atoms with Crippen molar-refractivity contribution >= 4 is 23.8 Å². The summed E-state index contributed by atoms with van der Waals surface area (Å²) in [5.41, 5.74) is 0.322. The number of aliphatic hydroxyl groups excluding tert-OH is 1. The molecule has 0 saturated carbocycles. The maximum atomic E-state index is 12.9. The molecule has 204 valence electrons. The average molecular weight is 517 g/mol. The quantitative estimate of drug-likeness (QED) is 0.357. The number of ether oxygens (including phenoxy) is 2. The number of hydrogen-bond donors (Lipinski definition) is 3. The summed E-state index contributed by atoms with van der Waals surface area (Å²) in [6.45, 7) is 6.70. The molecular weight excluding hydrogens is 476 g/mol. The standard InChI is InChI=1S/C28H40N2O7/c1-19-18-36-27(35)22(16-25(33)37-28(2,3)4)13-9-8-12-21(26(34)29-19)15-24(32)30-23(17-31)14-20-10-6-5-7-11-20/h5-11,19,21-23,31H,12-18H2,1-4H3,(H,29,34)(H,30,32)/b9-8-/t19-,21+,22+,23+/m1/s1. The number of amides is 2. The van der Waals surface area contributed by atoms with E-state index in [1.165, 1.54) is 0 Å². The molecule has 9 heteroatoms. The van der Waals surface area contributed by atoms with Gasteiger partial charge in [-0.25, -0.2) is 0 Å². The number of allylic oxidation sites excluding steroid dienone is 2. The molecule has 0 aromatic heterocycles. The maximum absolute atomic E-state index is 12.9. The van der Waals surface area contributed by atoms with Crippen molar-refractivity contribution in [3.05, 3.63) is 48.0 Å². The van der Waals surface area contributed by atoms with Gasteiger partial charge in [0.25, 0.3) is 0 Å². The number of carbonyl (C=O) groups is 4. The van der Waals surface area contributed by atoms with Crippen molar-refractivity contribution in [1.82, 2.24) is 10.6 Å². The van der Waals surface area contributed by atoms with E-state index in [-0.39, 0.29) is 50.7 Å². The second kappa shape index (κ2) is 14.5. The summed E-state index contributed by atoms with van der Waals surface area (Å²) in [4.78, 5) is 50.5. The van der Waals surface area contributed by atoms with Crippen molar-refractivity contribution < 1.29 is 33.8 Å². The predicted molar refractivity (Wildman–Crippen MR) is 138 cm³/mol. The Morgan fingerprint density at radius 2 is 1.76 bits per heavy atom. The third-order valence-electron chi connectivity index (χ3n) is 5.75. The molecule has 0 bridgehead atoms. The van der Waals surface area contributed by atoms with E-state index in [2.05, 4.69) is 10.6 Å². The summed E-state index contributed by atoms with van der Waals surface area (Å²) < 4.78 is 10.7. The molecule has 0 saturated heterocycles. The average Bonchev–Trinajstić information content (AvgIpc) is 2.82. The summed E-state index contributed by atoms with van der Waals surface area (Å²) in [7, 11) is 0. The van der Waals surface area contributed by atoms with Crippen LogP contribution in [0.25, 0.3) is 0 Å². The summed E-state index contributed by atoms with van der Waals surface area (Å²) in [6, 6.07) is 8.58. The molecule has 9 nitrogen and oxygen atoms in total. The SMILES string of the molecule is C[C@@H]1COC(=O)[C@H](CC(=O)OC(C)(C)C)C/C=C\C[C@@H](CC(=O)N[C@H](CO)Cc2ccccc2)C(=O)N1. The van der Waals surface area contributed by atoms with Crippen LogP contribution in [0.2, 0.25) is 0 Å². The molecule has 0 spiro atoms.